The molecule has 2 rings (SSSR count). The molecule has 1 unspecified atom stereocenters. The average Bonchev–Trinajstić information content (AvgIpc) is 2.76. The monoisotopic (exact) mass is 273 g/mol. The zero-order valence-corrected chi connectivity index (χ0v) is 12.7. The number of benzene rings is 1. The number of aryl methyl sites for hydroxylation is 3. The summed E-state index contributed by atoms with van der Waals surface area (Å²) in [6, 6.07) is 8.16. The number of aromatic nitrogens is 2. The van der Waals surface area contributed by atoms with Crippen LogP contribution in [0.5, 0.6) is 5.75 Å². The van der Waals surface area contributed by atoms with Crippen molar-refractivity contribution in [2.24, 2.45) is 5.73 Å². The summed E-state index contributed by atoms with van der Waals surface area (Å²) in [6.07, 6.45) is 0. The molecule has 108 valence electrons. The van der Waals surface area contributed by atoms with Crippen molar-refractivity contribution in [3.8, 4) is 5.75 Å². The minimum Gasteiger partial charge on any atom is -0.487 e. The van der Waals surface area contributed by atoms with Gasteiger partial charge >= 0.3 is 0 Å². The van der Waals surface area contributed by atoms with Gasteiger partial charge in [0.25, 0.3) is 0 Å². The predicted molar refractivity (Wildman–Crippen MR) is 80.8 cm³/mol. The van der Waals surface area contributed by atoms with E-state index in [-0.39, 0.29) is 6.04 Å². The number of hydrogen-bond acceptors (Lipinski definition) is 3. The Bertz CT molecular complexity index is 587. The Labute approximate surface area is 120 Å². The third kappa shape index (κ3) is 3.20. The van der Waals surface area contributed by atoms with Gasteiger partial charge in [-0.2, -0.15) is 5.10 Å². The van der Waals surface area contributed by atoms with E-state index in [1.807, 2.05) is 30.7 Å². The highest BCUT2D eigenvalue weighted by Crippen LogP contribution is 2.26. The molecule has 20 heavy (non-hydrogen) atoms. The highest BCUT2D eigenvalue weighted by atomic mass is 16.5. The van der Waals surface area contributed by atoms with E-state index < -0.39 is 0 Å². The fourth-order valence-electron chi connectivity index (χ4n) is 2.28. The first-order chi connectivity index (χ1) is 9.51. The van der Waals surface area contributed by atoms with Crippen molar-refractivity contribution in [3.05, 3.63) is 46.8 Å². The number of nitrogens with two attached hydrogens (primary N) is 1. The smallest absolute Gasteiger partial charge is 0.130 e. The van der Waals surface area contributed by atoms with Crippen molar-refractivity contribution in [3.63, 3.8) is 0 Å². The Hall–Kier alpha value is -1.81. The normalized spacial score (nSPS) is 12.4. The maximum Gasteiger partial charge on any atom is 0.130 e. The second-order valence-corrected chi connectivity index (χ2v) is 5.21. The number of nitrogens with zero attached hydrogens (tertiary/aromatic N) is 2. The fourth-order valence-corrected chi connectivity index (χ4v) is 2.28. The third-order valence-corrected chi connectivity index (χ3v) is 3.32. The van der Waals surface area contributed by atoms with Gasteiger partial charge in [-0.1, -0.05) is 12.1 Å². The van der Waals surface area contributed by atoms with Crippen LogP contribution in [0.2, 0.25) is 0 Å². The molecular formula is C16H23N3O. The second-order valence-electron chi connectivity index (χ2n) is 5.21. The zero-order chi connectivity index (χ0) is 14.7. The summed E-state index contributed by atoms with van der Waals surface area (Å²) in [6.45, 7) is 9.46. The summed E-state index contributed by atoms with van der Waals surface area (Å²) >= 11 is 0. The van der Waals surface area contributed by atoms with E-state index in [1.165, 1.54) is 5.56 Å². The van der Waals surface area contributed by atoms with Crippen molar-refractivity contribution in [2.75, 3.05) is 0 Å². The first kappa shape index (κ1) is 14.6. The predicted octanol–water partition coefficient (Wildman–Crippen LogP) is 3.12. The van der Waals surface area contributed by atoms with Gasteiger partial charge in [-0.15, -0.1) is 0 Å². The highest BCUT2D eigenvalue weighted by molar-refractivity contribution is 5.39. The van der Waals surface area contributed by atoms with Crippen LogP contribution in [0.15, 0.2) is 24.3 Å². The van der Waals surface area contributed by atoms with Crippen LogP contribution in [0.3, 0.4) is 0 Å². The largest absolute Gasteiger partial charge is 0.487 e. The molecule has 0 aliphatic heterocycles. The van der Waals surface area contributed by atoms with Crippen LogP contribution in [0.25, 0.3) is 0 Å². The van der Waals surface area contributed by atoms with Crippen LogP contribution in [0.4, 0.5) is 0 Å². The van der Waals surface area contributed by atoms with E-state index in [2.05, 4.69) is 31.1 Å². The average molecular weight is 273 g/mol. The second kappa shape index (κ2) is 6.09. The highest BCUT2D eigenvalue weighted by Gasteiger charge is 2.10. The van der Waals surface area contributed by atoms with Crippen LogP contribution < -0.4 is 10.5 Å². The van der Waals surface area contributed by atoms with Crippen molar-refractivity contribution in [1.29, 1.82) is 0 Å². The van der Waals surface area contributed by atoms with Gasteiger partial charge < -0.3 is 10.5 Å². The molecule has 0 bridgehead atoms. The summed E-state index contributed by atoms with van der Waals surface area (Å²) < 4.78 is 7.95. The van der Waals surface area contributed by atoms with Crippen molar-refractivity contribution in [2.45, 2.75) is 46.9 Å². The van der Waals surface area contributed by atoms with Gasteiger partial charge in [-0.25, -0.2) is 0 Å². The topological polar surface area (TPSA) is 53.1 Å². The molecule has 0 radical (unpaired) electrons. The van der Waals surface area contributed by atoms with Crippen molar-refractivity contribution >= 4 is 0 Å². The Balaban J connectivity index is 2.20. The number of ether oxygens (including phenoxy) is 1. The molecule has 0 aliphatic rings. The fraction of sp³-hybridized carbons (Fsp3) is 0.438. The molecule has 1 heterocycles. The first-order valence-corrected chi connectivity index (χ1v) is 7.03. The van der Waals surface area contributed by atoms with E-state index in [0.717, 1.165) is 29.2 Å². The van der Waals surface area contributed by atoms with E-state index in [1.54, 1.807) is 0 Å². The van der Waals surface area contributed by atoms with E-state index in [4.69, 9.17) is 10.5 Å². The van der Waals surface area contributed by atoms with E-state index in [9.17, 15) is 0 Å². The molecule has 0 saturated heterocycles. The summed E-state index contributed by atoms with van der Waals surface area (Å²) in [5.41, 5.74) is 10.3. The number of rotatable bonds is 5. The van der Waals surface area contributed by atoms with Crippen LogP contribution in [0, 0.1) is 13.8 Å². The molecule has 4 heteroatoms. The lowest BCUT2D eigenvalue weighted by Crippen LogP contribution is -2.10. The lowest BCUT2D eigenvalue weighted by Gasteiger charge is -2.15. The molecule has 0 amide bonds. The van der Waals surface area contributed by atoms with Crippen LogP contribution >= 0.6 is 0 Å². The quantitative estimate of drug-likeness (QED) is 0.910. The molecule has 2 N–H and O–H groups in total. The SMILES string of the molecule is CCn1nc(C)cc1COc1cc(C)ccc1C(C)N. The molecule has 2 aromatic rings. The maximum atomic E-state index is 6.00. The van der Waals surface area contributed by atoms with Crippen LogP contribution in [-0.4, -0.2) is 9.78 Å². The van der Waals surface area contributed by atoms with Gasteiger partial charge in [0, 0.05) is 18.2 Å². The van der Waals surface area contributed by atoms with Crippen LogP contribution in [0.1, 0.15) is 42.4 Å². The Morgan fingerprint density at radius 1 is 1.30 bits per heavy atom. The molecule has 1 aromatic heterocycles. The molecule has 1 aromatic carbocycles. The Morgan fingerprint density at radius 2 is 2.05 bits per heavy atom. The van der Waals surface area contributed by atoms with E-state index >= 15 is 0 Å². The summed E-state index contributed by atoms with van der Waals surface area (Å²) in [5.74, 6) is 0.863. The maximum absolute atomic E-state index is 6.00. The van der Waals surface area contributed by atoms with Gasteiger partial charge in [-0.05, 0) is 45.4 Å². The Morgan fingerprint density at radius 3 is 2.70 bits per heavy atom. The summed E-state index contributed by atoms with van der Waals surface area (Å²) in [7, 11) is 0. The lowest BCUT2D eigenvalue weighted by atomic mass is 10.1. The summed E-state index contributed by atoms with van der Waals surface area (Å²) in [5, 5.41) is 4.43. The van der Waals surface area contributed by atoms with Crippen molar-refractivity contribution < 1.29 is 4.74 Å². The molecule has 0 aliphatic carbocycles. The Kier molecular flexibility index (Phi) is 4.45. The minimum absolute atomic E-state index is 0.0385. The zero-order valence-electron chi connectivity index (χ0n) is 12.7. The number of hydrogen-bond donors (Lipinski definition) is 1. The van der Waals surface area contributed by atoms with Gasteiger partial charge in [-0.3, -0.25) is 4.68 Å². The van der Waals surface area contributed by atoms with Gasteiger partial charge in [0.2, 0.25) is 0 Å². The lowest BCUT2D eigenvalue weighted by molar-refractivity contribution is 0.288. The molecular weight excluding hydrogens is 250 g/mol. The molecule has 4 nitrogen and oxygen atoms in total. The van der Waals surface area contributed by atoms with Crippen LogP contribution in [-0.2, 0) is 13.2 Å². The van der Waals surface area contributed by atoms with Gasteiger partial charge in [0.05, 0.1) is 11.4 Å². The summed E-state index contributed by atoms with van der Waals surface area (Å²) in [4.78, 5) is 0. The van der Waals surface area contributed by atoms with Gasteiger partial charge in [0.15, 0.2) is 0 Å². The molecule has 1 atom stereocenters. The minimum atomic E-state index is -0.0385. The molecule has 0 spiro atoms. The van der Waals surface area contributed by atoms with Crippen molar-refractivity contribution in [1.82, 2.24) is 9.78 Å². The standard InChI is InChI=1S/C16H23N3O/c1-5-19-14(9-12(3)18-19)10-20-16-8-11(2)6-7-15(16)13(4)17/h6-9,13H,5,10,17H2,1-4H3. The molecule has 0 saturated carbocycles. The molecule has 0 fully saturated rings. The van der Waals surface area contributed by atoms with E-state index in [0.29, 0.717) is 6.61 Å². The first-order valence-electron chi connectivity index (χ1n) is 7.03. The van der Waals surface area contributed by atoms with Gasteiger partial charge in [0.1, 0.15) is 12.4 Å². The third-order valence-electron chi connectivity index (χ3n) is 3.32.